The minimum atomic E-state index is -2.83. The van der Waals surface area contributed by atoms with Gasteiger partial charge in [-0.15, -0.1) is 0 Å². The van der Waals surface area contributed by atoms with Crippen LogP contribution in [0, 0.1) is 0 Å². The van der Waals surface area contributed by atoms with Gasteiger partial charge in [-0.1, -0.05) is 53.9 Å². The van der Waals surface area contributed by atoms with Gasteiger partial charge < -0.3 is 9.84 Å². The Morgan fingerprint density at radius 1 is 1.11 bits per heavy atom. The highest BCUT2D eigenvalue weighted by Gasteiger charge is 2.26. The molecule has 0 aromatic heterocycles. The number of halogens is 1. The first-order valence-electron chi connectivity index (χ1n) is 13.8. The summed E-state index contributed by atoms with van der Waals surface area (Å²) in [7, 11) is 0. The van der Waals surface area contributed by atoms with Crippen LogP contribution in [0.25, 0.3) is 0 Å². The summed E-state index contributed by atoms with van der Waals surface area (Å²) in [6.07, 6.45) is 0. The van der Waals surface area contributed by atoms with Crippen LogP contribution in [0.15, 0.2) is 54.4 Å². The molecule has 1 atom stereocenters. The standard InChI is InChI=1S/C21H25ClN2O3/c22-19-8-6-18(7-9-19)21(17-4-2-1-3-5-17)24-12-10-23(11-13-24)14-15-27-16-20(25)26/h1-9,21H,10-16H2,(H,25,26)/i1D,2D,3D,4D,5D,6D,7D,8D,9D,16D2. The summed E-state index contributed by atoms with van der Waals surface area (Å²) in [6.45, 7) is -1.78. The number of benzene rings is 2. The third-order valence-electron chi connectivity index (χ3n) is 4.12. The van der Waals surface area contributed by atoms with Crippen molar-refractivity contribution in [3.63, 3.8) is 0 Å². The van der Waals surface area contributed by atoms with Crippen LogP contribution in [0.2, 0.25) is 5.02 Å². The molecule has 1 N–H and O–H groups in total. The van der Waals surface area contributed by atoms with E-state index in [1.165, 1.54) is 0 Å². The van der Waals surface area contributed by atoms with Gasteiger partial charge in [0.2, 0.25) is 0 Å². The van der Waals surface area contributed by atoms with E-state index in [4.69, 9.17) is 36.5 Å². The van der Waals surface area contributed by atoms with E-state index in [-0.39, 0.29) is 37.4 Å². The molecule has 0 aliphatic carbocycles. The maximum Gasteiger partial charge on any atom is 0.329 e. The van der Waals surface area contributed by atoms with Crippen LogP contribution in [-0.2, 0) is 9.53 Å². The van der Waals surface area contributed by atoms with Crippen molar-refractivity contribution >= 4 is 17.6 Å². The molecule has 0 spiro atoms. The van der Waals surface area contributed by atoms with Gasteiger partial charge >= 0.3 is 5.97 Å². The van der Waals surface area contributed by atoms with Crippen molar-refractivity contribution in [2.45, 2.75) is 6.04 Å². The third kappa shape index (κ3) is 5.78. The average Bonchev–Trinajstić information content (AvgIpc) is 2.88. The zero-order valence-electron chi connectivity index (χ0n) is 25.4. The lowest BCUT2D eigenvalue weighted by Gasteiger charge is -2.39. The molecule has 1 saturated heterocycles. The summed E-state index contributed by atoms with van der Waals surface area (Å²) < 4.78 is 94.0. The SMILES string of the molecule is [2H]c1c([2H])c([2H])c(C(c2c([2H])c([2H])c(Cl)c([2H])c2[2H])N2CCN(CCOC([2H])([2H])C(=O)O)CC2)c([2H])c1[2H]. The molecule has 1 fully saturated rings. The maximum absolute atomic E-state index is 10.9. The second-order valence-corrected chi connectivity index (χ2v) is 6.18. The zero-order valence-corrected chi connectivity index (χ0v) is 15.1. The lowest BCUT2D eigenvalue weighted by Crippen LogP contribution is -2.48. The predicted octanol–water partition coefficient (Wildman–Crippen LogP) is 3.15. The topological polar surface area (TPSA) is 53.0 Å². The first-order chi connectivity index (χ1) is 17.6. The minimum Gasteiger partial charge on any atom is -0.480 e. The zero-order chi connectivity index (χ0) is 28.7. The monoisotopic (exact) mass is 399 g/mol. The summed E-state index contributed by atoms with van der Waals surface area (Å²) in [4.78, 5) is 14.4. The molecule has 2 aromatic carbocycles. The number of hydrogen-bond donors (Lipinski definition) is 1. The molecule has 0 bridgehead atoms. The van der Waals surface area contributed by atoms with Crippen molar-refractivity contribution < 1.29 is 29.7 Å². The quantitative estimate of drug-likeness (QED) is 0.739. The Morgan fingerprint density at radius 2 is 1.74 bits per heavy atom. The Labute approximate surface area is 180 Å². The van der Waals surface area contributed by atoms with Crippen LogP contribution in [0.3, 0.4) is 0 Å². The van der Waals surface area contributed by atoms with E-state index < -0.39 is 78.0 Å². The van der Waals surface area contributed by atoms with E-state index >= 15 is 0 Å². The van der Waals surface area contributed by atoms with Crippen LogP contribution in [0.1, 0.15) is 32.2 Å². The highest BCUT2D eigenvalue weighted by Crippen LogP contribution is 2.30. The summed E-state index contributed by atoms with van der Waals surface area (Å²) in [5, 5.41) is 8.44. The molecule has 144 valence electrons. The van der Waals surface area contributed by atoms with Crippen molar-refractivity contribution in [3.05, 3.63) is 70.5 Å². The van der Waals surface area contributed by atoms with Crippen LogP contribution < -0.4 is 0 Å². The normalized spacial score (nSPS) is 23.2. The molecule has 1 heterocycles. The van der Waals surface area contributed by atoms with Gasteiger partial charge in [0.15, 0.2) is 0 Å². The fraction of sp³-hybridized carbons (Fsp3) is 0.381. The smallest absolute Gasteiger partial charge is 0.329 e. The van der Waals surface area contributed by atoms with Crippen molar-refractivity contribution in [3.8, 4) is 0 Å². The van der Waals surface area contributed by atoms with E-state index in [1.807, 2.05) is 4.90 Å². The first-order valence-corrected chi connectivity index (χ1v) is 8.65. The molecule has 27 heavy (non-hydrogen) atoms. The van der Waals surface area contributed by atoms with E-state index in [1.54, 1.807) is 4.90 Å². The molecule has 1 unspecified atom stereocenters. The Kier molecular flexibility index (Phi) is 3.66. The first kappa shape index (κ1) is 10.0. The van der Waals surface area contributed by atoms with Gasteiger partial charge in [-0.2, -0.15) is 0 Å². The van der Waals surface area contributed by atoms with Gasteiger partial charge in [0.1, 0.15) is 6.56 Å². The Morgan fingerprint density at radius 3 is 2.37 bits per heavy atom. The molecule has 3 rings (SSSR count). The van der Waals surface area contributed by atoms with Crippen LogP contribution in [0.4, 0.5) is 0 Å². The number of ether oxygens (including phenoxy) is 1. The highest BCUT2D eigenvalue weighted by molar-refractivity contribution is 6.30. The van der Waals surface area contributed by atoms with Gasteiger partial charge in [0, 0.05) is 37.7 Å². The summed E-state index contributed by atoms with van der Waals surface area (Å²) >= 11 is 5.98. The van der Waals surface area contributed by atoms with E-state index in [2.05, 4.69) is 0 Å². The van der Waals surface area contributed by atoms with Crippen molar-refractivity contribution in [2.75, 3.05) is 45.9 Å². The molecule has 1 aliphatic rings. The third-order valence-corrected chi connectivity index (χ3v) is 4.31. The molecule has 6 heteroatoms. The van der Waals surface area contributed by atoms with Gasteiger partial charge in [-0.3, -0.25) is 9.80 Å². The number of carbonyl (C=O) groups is 1. The van der Waals surface area contributed by atoms with Gasteiger partial charge in [-0.25, -0.2) is 4.79 Å². The number of aliphatic carboxylic acids is 1. The van der Waals surface area contributed by atoms with Crippen molar-refractivity contribution in [1.29, 1.82) is 0 Å². The Bertz CT molecular complexity index is 1130. The fourth-order valence-electron chi connectivity index (χ4n) is 2.88. The van der Waals surface area contributed by atoms with Crippen LogP contribution in [-0.4, -0.2) is 66.8 Å². The summed E-state index contributed by atoms with van der Waals surface area (Å²) in [5.41, 5.74) is -0.361. The van der Waals surface area contributed by atoms with Crippen molar-refractivity contribution in [1.82, 2.24) is 9.80 Å². The lowest BCUT2D eigenvalue weighted by molar-refractivity contribution is -0.142. The molecule has 0 amide bonds. The summed E-state index contributed by atoms with van der Waals surface area (Å²) in [6, 6.07) is -6.08. The fourth-order valence-corrected chi connectivity index (χ4v) is 2.98. The molecule has 0 radical (unpaired) electrons. The summed E-state index contributed by atoms with van der Waals surface area (Å²) in [5.74, 6) is -1.74. The number of piperazine rings is 1. The second-order valence-electron chi connectivity index (χ2n) is 5.80. The molecule has 2 aromatic rings. The Hall–Kier alpha value is -1.92. The second kappa shape index (κ2) is 9.85. The lowest BCUT2D eigenvalue weighted by atomic mass is 9.96. The Balaban J connectivity index is 2.01. The number of nitrogens with zero attached hydrogens (tertiary/aromatic N) is 2. The van der Waals surface area contributed by atoms with Gasteiger partial charge in [0.25, 0.3) is 0 Å². The van der Waals surface area contributed by atoms with E-state index in [9.17, 15) is 4.79 Å². The molecule has 1 aliphatic heterocycles. The number of carboxylic acids is 1. The maximum atomic E-state index is 10.9. The largest absolute Gasteiger partial charge is 0.480 e. The molecule has 0 saturated carbocycles. The highest BCUT2D eigenvalue weighted by atomic mass is 35.5. The van der Waals surface area contributed by atoms with Gasteiger partial charge in [0.05, 0.1) is 27.7 Å². The number of hydrogen-bond acceptors (Lipinski definition) is 4. The van der Waals surface area contributed by atoms with E-state index in [0.29, 0.717) is 13.1 Å². The van der Waals surface area contributed by atoms with Gasteiger partial charge in [-0.05, 0) is 23.2 Å². The molecular weight excluding hydrogens is 364 g/mol. The average molecular weight is 400 g/mol. The van der Waals surface area contributed by atoms with Crippen LogP contribution >= 0.6 is 11.6 Å². The van der Waals surface area contributed by atoms with Crippen LogP contribution in [0.5, 0.6) is 0 Å². The number of rotatable bonds is 8. The predicted molar refractivity (Wildman–Crippen MR) is 106 cm³/mol. The molecular formula is C21H25ClN2O3. The minimum absolute atomic E-state index is 0.172. The number of carboxylic acid groups (broad SMARTS) is 1. The molecule has 5 nitrogen and oxygen atoms in total. The van der Waals surface area contributed by atoms with E-state index in [0.717, 1.165) is 0 Å². The van der Waals surface area contributed by atoms with Crippen molar-refractivity contribution in [2.24, 2.45) is 0 Å².